The number of ether oxygens (including phenoxy) is 1. The average molecular weight is 237 g/mol. The first kappa shape index (κ1) is 13.0. The van der Waals surface area contributed by atoms with Gasteiger partial charge in [-0.25, -0.2) is 4.39 Å². The highest BCUT2D eigenvalue weighted by Gasteiger charge is 2.15. The minimum Gasteiger partial charge on any atom is -0.492 e. The van der Waals surface area contributed by atoms with E-state index in [0.717, 1.165) is 0 Å². The average Bonchev–Trinajstić information content (AvgIpc) is 2.29. The molecule has 4 nitrogen and oxygen atoms in total. The van der Waals surface area contributed by atoms with Crippen LogP contribution in [0.25, 0.3) is 0 Å². The molecule has 0 bridgehead atoms. The number of carboxylic acid groups (broad SMARTS) is 1. The van der Waals surface area contributed by atoms with Gasteiger partial charge < -0.3 is 9.84 Å². The maximum atomic E-state index is 13.5. The largest absolute Gasteiger partial charge is 0.492 e. The molecule has 1 aromatic rings. The first-order chi connectivity index (χ1) is 8.10. The van der Waals surface area contributed by atoms with Crippen LogP contribution in [0, 0.1) is 17.1 Å². The Bertz CT molecular complexity index is 466. The first-order valence-corrected chi connectivity index (χ1v) is 5.16. The van der Waals surface area contributed by atoms with Gasteiger partial charge in [-0.15, -0.1) is 0 Å². The summed E-state index contributed by atoms with van der Waals surface area (Å²) in [7, 11) is 0. The number of hydrogen-bond donors (Lipinski definition) is 1. The molecule has 0 spiro atoms. The zero-order chi connectivity index (χ0) is 12.8. The molecule has 0 amide bonds. The number of aliphatic carboxylic acids is 1. The van der Waals surface area contributed by atoms with Crippen molar-refractivity contribution in [3.8, 4) is 11.8 Å². The number of hydrogen-bond acceptors (Lipinski definition) is 3. The highest BCUT2D eigenvalue weighted by Crippen LogP contribution is 2.25. The summed E-state index contributed by atoms with van der Waals surface area (Å²) in [4.78, 5) is 10.5. The normalized spacial score (nSPS) is 9.71. The predicted octanol–water partition coefficient (Wildman–Crippen LogP) is 2.11. The molecule has 0 radical (unpaired) electrons. The fourth-order valence-corrected chi connectivity index (χ4v) is 1.48. The molecule has 0 aromatic heterocycles. The van der Waals surface area contributed by atoms with Crippen LogP contribution in [0.3, 0.4) is 0 Å². The lowest BCUT2D eigenvalue weighted by molar-refractivity contribution is -0.136. The molecule has 1 N–H and O–H groups in total. The zero-order valence-electron chi connectivity index (χ0n) is 9.36. The quantitative estimate of drug-likeness (QED) is 0.851. The van der Waals surface area contributed by atoms with Crippen molar-refractivity contribution in [3.05, 3.63) is 29.1 Å². The van der Waals surface area contributed by atoms with E-state index in [1.807, 2.05) is 6.07 Å². The zero-order valence-corrected chi connectivity index (χ0v) is 9.36. The van der Waals surface area contributed by atoms with Crippen LogP contribution >= 0.6 is 0 Å². The third kappa shape index (κ3) is 3.18. The van der Waals surface area contributed by atoms with Crippen molar-refractivity contribution >= 4 is 5.97 Å². The number of carbonyl (C=O) groups is 1. The number of benzene rings is 1. The molecule has 5 heteroatoms. The summed E-state index contributed by atoms with van der Waals surface area (Å²) in [5.41, 5.74) is 0.175. The molecule has 0 atom stereocenters. The summed E-state index contributed by atoms with van der Waals surface area (Å²) < 4.78 is 18.7. The smallest absolute Gasteiger partial charge is 0.303 e. The standard InChI is InChI=1S/C12H12FNO3/c1-2-17-11-5-4-10(13)8(9(11)7-14)3-6-12(15)16/h4-5H,2-3,6H2,1H3,(H,15,16). The van der Waals surface area contributed by atoms with Crippen molar-refractivity contribution in [1.29, 1.82) is 5.26 Å². The van der Waals surface area contributed by atoms with E-state index in [1.165, 1.54) is 12.1 Å². The third-order valence-corrected chi connectivity index (χ3v) is 2.22. The molecular formula is C12H12FNO3. The monoisotopic (exact) mass is 237 g/mol. The molecule has 0 heterocycles. The topological polar surface area (TPSA) is 70.3 Å². The van der Waals surface area contributed by atoms with E-state index in [1.54, 1.807) is 6.92 Å². The van der Waals surface area contributed by atoms with Gasteiger partial charge in [-0.05, 0) is 25.5 Å². The minimum atomic E-state index is -1.03. The van der Waals surface area contributed by atoms with E-state index in [2.05, 4.69) is 0 Å². The number of nitriles is 1. The Morgan fingerprint density at radius 2 is 2.29 bits per heavy atom. The van der Waals surface area contributed by atoms with Gasteiger partial charge in [0.15, 0.2) is 0 Å². The highest BCUT2D eigenvalue weighted by atomic mass is 19.1. The second-order valence-electron chi connectivity index (χ2n) is 3.34. The van der Waals surface area contributed by atoms with Crippen molar-refractivity contribution < 1.29 is 19.0 Å². The van der Waals surface area contributed by atoms with Crippen LogP contribution in [0.2, 0.25) is 0 Å². The number of carboxylic acids is 1. The first-order valence-electron chi connectivity index (χ1n) is 5.16. The fourth-order valence-electron chi connectivity index (χ4n) is 1.48. The van der Waals surface area contributed by atoms with Crippen LogP contribution in [0.1, 0.15) is 24.5 Å². The van der Waals surface area contributed by atoms with Crippen LogP contribution in [0.5, 0.6) is 5.75 Å². The van der Waals surface area contributed by atoms with Crippen LogP contribution in [0.4, 0.5) is 4.39 Å². The summed E-state index contributed by atoms with van der Waals surface area (Å²) in [6.45, 7) is 2.11. The molecule has 1 aromatic carbocycles. The Hall–Kier alpha value is -2.09. The molecule has 1 rings (SSSR count). The Morgan fingerprint density at radius 1 is 1.59 bits per heavy atom. The van der Waals surface area contributed by atoms with E-state index in [9.17, 15) is 9.18 Å². The molecule has 0 aliphatic carbocycles. The fraction of sp³-hybridized carbons (Fsp3) is 0.333. The number of rotatable bonds is 5. The Kier molecular flexibility index (Phi) is 4.46. The van der Waals surface area contributed by atoms with Crippen LogP contribution in [0.15, 0.2) is 12.1 Å². The molecule has 0 aliphatic heterocycles. The van der Waals surface area contributed by atoms with Crippen LogP contribution in [-0.2, 0) is 11.2 Å². The van der Waals surface area contributed by atoms with Crippen molar-refractivity contribution in [2.45, 2.75) is 19.8 Å². The third-order valence-electron chi connectivity index (χ3n) is 2.22. The van der Waals surface area contributed by atoms with Crippen molar-refractivity contribution in [2.75, 3.05) is 6.61 Å². The van der Waals surface area contributed by atoms with Gasteiger partial charge in [0.05, 0.1) is 6.61 Å². The maximum Gasteiger partial charge on any atom is 0.303 e. The van der Waals surface area contributed by atoms with E-state index in [4.69, 9.17) is 15.1 Å². The lowest BCUT2D eigenvalue weighted by atomic mass is 10.0. The molecular weight excluding hydrogens is 225 g/mol. The minimum absolute atomic E-state index is 0.0228. The van der Waals surface area contributed by atoms with Crippen molar-refractivity contribution in [2.24, 2.45) is 0 Å². The summed E-state index contributed by atoms with van der Waals surface area (Å²) >= 11 is 0. The van der Waals surface area contributed by atoms with Gasteiger partial charge in [0.25, 0.3) is 0 Å². The Morgan fingerprint density at radius 3 is 2.82 bits per heavy atom. The molecule has 0 saturated heterocycles. The second-order valence-corrected chi connectivity index (χ2v) is 3.34. The Labute approximate surface area is 98.2 Å². The van der Waals surface area contributed by atoms with Gasteiger partial charge in [0.1, 0.15) is 23.2 Å². The van der Waals surface area contributed by atoms with Crippen molar-refractivity contribution in [3.63, 3.8) is 0 Å². The van der Waals surface area contributed by atoms with Crippen molar-refractivity contribution in [1.82, 2.24) is 0 Å². The molecule has 0 unspecified atom stereocenters. The second kappa shape index (κ2) is 5.85. The molecule has 0 aliphatic rings. The number of nitrogens with zero attached hydrogens (tertiary/aromatic N) is 1. The van der Waals surface area contributed by atoms with E-state index in [0.29, 0.717) is 6.61 Å². The van der Waals surface area contributed by atoms with Gasteiger partial charge in [-0.2, -0.15) is 5.26 Å². The molecule has 90 valence electrons. The molecule has 0 fully saturated rings. The summed E-state index contributed by atoms with van der Waals surface area (Å²) in [5.74, 6) is -1.32. The summed E-state index contributed by atoms with van der Waals surface area (Å²) in [5, 5.41) is 17.5. The lowest BCUT2D eigenvalue weighted by Crippen LogP contribution is -2.04. The van der Waals surface area contributed by atoms with Crippen LogP contribution in [-0.4, -0.2) is 17.7 Å². The maximum absolute atomic E-state index is 13.5. The van der Waals surface area contributed by atoms with E-state index < -0.39 is 11.8 Å². The van der Waals surface area contributed by atoms with Crippen LogP contribution < -0.4 is 4.74 Å². The molecule has 0 saturated carbocycles. The van der Waals surface area contributed by atoms with Gasteiger partial charge in [0, 0.05) is 12.0 Å². The Balaban J connectivity index is 3.12. The lowest BCUT2D eigenvalue weighted by Gasteiger charge is -2.10. The highest BCUT2D eigenvalue weighted by molar-refractivity contribution is 5.67. The van der Waals surface area contributed by atoms with E-state index >= 15 is 0 Å². The molecule has 17 heavy (non-hydrogen) atoms. The number of halogens is 1. The van der Waals surface area contributed by atoms with Gasteiger partial charge in [-0.3, -0.25) is 4.79 Å². The summed E-state index contributed by atoms with van der Waals surface area (Å²) in [6.07, 6.45) is -0.244. The predicted molar refractivity (Wildman–Crippen MR) is 58.2 cm³/mol. The van der Waals surface area contributed by atoms with Gasteiger partial charge in [0.2, 0.25) is 0 Å². The SMILES string of the molecule is CCOc1ccc(F)c(CCC(=O)O)c1C#N. The summed E-state index contributed by atoms with van der Waals surface area (Å²) in [6, 6.07) is 4.42. The van der Waals surface area contributed by atoms with Gasteiger partial charge >= 0.3 is 5.97 Å². The van der Waals surface area contributed by atoms with E-state index in [-0.39, 0.29) is 29.7 Å². The van der Waals surface area contributed by atoms with Gasteiger partial charge in [-0.1, -0.05) is 0 Å².